The van der Waals surface area contributed by atoms with Crippen LogP contribution in [0.25, 0.3) is 0 Å². The van der Waals surface area contributed by atoms with Crippen molar-refractivity contribution in [3.8, 4) is 5.75 Å². The van der Waals surface area contributed by atoms with Gasteiger partial charge in [-0.3, -0.25) is 9.59 Å². The minimum atomic E-state index is -0.221. The molecule has 31 heavy (non-hydrogen) atoms. The molecule has 0 spiro atoms. The third-order valence-corrected chi connectivity index (χ3v) is 5.78. The predicted molar refractivity (Wildman–Crippen MR) is 123 cm³/mol. The zero-order valence-electron chi connectivity index (χ0n) is 17.7. The van der Waals surface area contributed by atoms with Gasteiger partial charge in [0.15, 0.2) is 0 Å². The van der Waals surface area contributed by atoms with Crippen molar-refractivity contribution in [3.05, 3.63) is 58.6 Å². The number of rotatable bonds is 9. The molecule has 7 nitrogen and oxygen atoms in total. The number of amides is 2. The molecule has 2 aromatic carbocycles. The van der Waals surface area contributed by atoms with Crippen LogP contribution in [0.3, 0.4) is 0 Å². The van der Waals surface area contributed by atoms with Crippen LogP contribution in [-0.2, 0) is 0 Å². The Balaban J connectivity index is 1.37. The minimum absolute atomic E-state index is 0.0409. The van der Waals surface area contributed by atoms with Crippen molar-refractivity contribution < 1.29 is 14.3 Å². The quantitative estimate of drug-likeness (QED) is 0.408. The average Bonchev–Trinajstić information content (AvgIpc) is 3.24. The number of nitrogens with two attached hydrogens (primary N) is 1. The van der Waals surface area contributed by atoms with Crippen LogP contribution in [0, 0.1) is 5.92 Å². The molecule has 1 heterocycles. The molecule has 2 amide bonds. The third-order valence-electron chi connectivity index (χ3n) is 5.46. The number of carbonyl (C=O) groups excluding carboxylic acids is 2. The highest BCUT2D eigenvalue weighted by Crippen LogP contribution is 2.28. The van der Waals surface area contributed by atoms with Crippen LogP contribution in [0.15, 0.2) is 42.5 Å². The van der Waals surface area contributed by atoms with Gasteiger partial charge in [0.25, 0.3) is 11.8 Å². The Labute approximate surface area is 187 Å². The summed E-state index contributed by atoms with van der Waals surface area (Å²) in [5.74, 6) is 0.532. The van der Waals surface area contributed by atoms with Gasteiger partial charge in [0.05, 0.1) is 23.4 Å². The maximum atomic E-state index is 12.6. The molecule has 4 N–H and O–H groups in total. The molecular formula is C23H29ClN4O3. The molecule has 166 valence electrons. The number of anilines is 1. The Kier molecular flexibility index (Phi) is 8.14. The maximum absolute atomic E-state index is 12.6. The van der Waals surface area contributed by atoms with Gasteiger partial charge in [-0.2, -0.15) is 0 Å². The summed E-state index contributed by atoms with van der Waals surface area (Å²) in [4.78, 5) is 27.0. The lowest BCUT2D eigenvalue weighted by atomic mass is 10.1. The summed E-state index contributed by atoms with van der Waals surface area (Å²) < 4.78 is 5.25. The number of nitrogens with one attached hydrogen (secondary N) is 2. The number of nitrogen functional groups attached to an aromatic ring is 1. The first-order chi connectivity index (χ1) is 15.0. The van der Waals surface area contributed by atoms with Crippen LogP contribution < -0.4 is 21.1 Å². The predicted octanol–water partition coefficient (Wildman–Crippen LogP) is 2.80. The maximum Gasteiger partial charge on any atom is 0.255 e. The topological polar surface area (TPSA) is 96.7 Å². The van der Waals surface area contributed by atoms with Crippen molar-refractivity contribution >= 4 is 29.1 Å². The highest BCUT2D eigenvalue weighted by Gasteiger charge is 2.23. The fourth-order valence-electron chi connectivity index (χ4n) is 3.73. The van der Waals surface area contributed by atoms with Gasteiger partial charge in [0.1, 0.15) is 5.75 Å². The Bertz CT molecular complexity index is 907. The zero-order chi connectivity index (χ0) is 22.2. The van der Waals surface area contributed by atoms with Gasteiger partial charge in [-0.15, -0.1) is 0 Å². The Hall–Kier alpha value is -2.77. The van der Waals surface area contributed by atoms with Gasteiger partial charge in [0, 0.05) is 31.3 Å². The van der Waals surface area contributed by atoms with Gasteiger partial charge < -0.3 is 26.0 Å². The number of ether oxygens (including phenoxy) is 1. The molecule has 0 aromatic heterocycles. The summed E-state index contributed by atoms with van der Waals surface area (Å²) in [6, 6.07) is 12.3. The van der Waals surface area contributed by atoms with Crippen molar-refractivity contribution in [2.24, 2.45) is 5.92 Å². The zero-order valence-corrected chi connectivity index (χ0v) is 18.5. The molecule has 0 bridgehead atoms. The fourth-order valence-corrected chi connectivity index (χ4v) is 3.89. The van der Waals surface area contributed by atoms with Gasteiger partial charge in [-0.1, -0.05) is 29.8 Å². The van der Waals surface area contributed by atoms with E-state index in [1.54, 1.807) is 6.07 Å². The molecule has 1 aliphatic heterocycles. The number of hydrogen-bond acceptors (Lipinski definition) is 5. The molecule has 0 aliphatic carbocycles. The first kappa shape index (κ1) is 22.9. The normalized spacial score (nSPS) is 16.1. The summed E-state index contributed by atoms with van der Waals surface area (Å²) >= 11 is 6.05. The number of methoxy groups -OCH3 is 1. The van der Waals surface area contributed by atoms with Crippen LogP contribution >= 0.6 is 11.6 Å². The number of carbonyl (C=O) groups is 2. The first-order valence-corrected chi connectivity index (χ1v) is 10.8. The van der Waals surface area contributed by atoms with Gasteiger partial charge in [0.2, 0.25) is 0 Å². The smallest absolute Gasteiger partial charge is 0.255 e. The summed E-state index contributed by atoms with van der Waals surface area (Å²) in [6.07, 6.45) is 1.91. The Morgan fingerprint density at radius 1 is 1.19 bits per heavy atom. The van der Waals surface area contributed by atoms with Crippen molar-refractivity contribution in [2.45, 2.75) is 12.8 Å². The van der Waals surface area contributed by atoms with Crippen LogP contribution in [0.1, 0.15) is 33.6 Å². The van der Waals surface area contributed by atoms with E-state index >= 15 is 0 Å². The van der Waals surface area contributed by atoms with E-state index in [-0.39, 0.29) is 11.8 Å². The SMILES string of the molecule is COc1cc(N)c(Cl)cc1C(=O)NCC1CCN(CCCNC(=O)c2ccccc2)C1. The second-order valence-corrected chi connectivity index (χ2v) is 8.12. The molecule has 2 aromatic rings. The Morgan fingerprint density at radius 2 is 1.97 bits per heavy atom. The van der Waals surface area contributed by atoms with Crippen LogP contribution in [-0.4, -0.2) is 56.5 Å². The van der Waals surface area contributed by atoms with E-state index in [4.69, 9.17) is 22.1 Å². The molecular weight excluding hydrogens is 416 g/mol. The van der Waals surface area contributed by atoms with Crippen molar-refractivity contribution in [2.75, 3.05) is 45.6 Å². The summed E-state index contributed by atoms with van der Waals surface area (Å²) in [7, 11) is 1.50. The standard InChI is InChI=1S/C23H29ClN4O3/c1-31-21-13-20(25)19(24)12-18(21)23(30)27-14-16-8-11-28(15-16)10-5-9-26-22(29)17-6-3-2-4-7-17/h2-4,6-7,12-13,16H,5,8-11,14-15,25H2,1H3,(H,26,29)(H,27,30). The van der Waals surface area contributed by atoms with Crippen LogP contribution in [0.5, 0.6) is 5.75 Å². The average molecular weight is 445 g/mol. The van der Waals surface area contributed by atoms with E-state index in [9.17, 15) is 9.59 Å². The highest BCUT2D eigenvalue weighted by atomic mass is 35.5. The van der Waals surface area contributed by atoms with Crippen LogP contribution in [0.4, 0.5) is 5.69 Å². The minimum Gasteiger partial charge on any atom is -0.496 e. The number of halogens is 1. The molecule has 1 unspecified atom stereocenters. The molecule has 1 fully saturated rings. The van der Waals surface area contributed by atoms with Crippen LogP contribution in [0.2, 0.25) is 5.02 Å². The van der Waals surface area contributed by atoms with E-state index in [1.807, 2.05) is 30.3 Å². The summed E-state index contributed by atoms with van der Waals surface area (Å²) in [5.41, 5.74) is 7.21. The molecule has 0 saturated carbocycles. The molecule has 1 saturated heterocycles. The molecule has 1 aliphatic rings. The molecule has 3 rings (SSSR count). The largest absolute Gasteiger partial charge is 0.496 e. The van der Waals surface area contributed by atoms with E-state index in [0.717, 1.165) is 32.5 Å². The second kappa shape index (κ2) is 11.0. The number of likely N-dealkylation sites (tertiary alicyclic amines) is 1. The van der Waals surface area contributed by atoms with Gasteiger partial charge >= 0.3 is 0 Å². The monoisotopic (exact) mass is 444 g/mol. The van der Waals surface area contributed by atoms with E-state index in [1.165, 1.54) is 13.2 Å². The van der Waals surface area contributed by atoms with Crippen molar-refractivity contribution in [1.82, 2.24) is 15.5 Å². The molecule has 1 atom stereocenters. The van der Waals surface area contributed by atoms with E-state index in [0.29, 0.717) is 46.6 Å². The summed E-state index contributed by atoms with van der Waals surface area (Å²) in [5, 5.41) is 6.27. The van der Waals surface area contributed by atoms with Gasteiger partial charge in [-0.25, -0.2) is 0 Å². The first-order valence-electron chi connectivity index (χ1n) is 10.4. The summed E-state index contributed by atoms with van der Waals surface area (Å²) in [6.45, 7) is 4.06. The number of benzene rings is 2. The molecule has 0 radical (unpaired) electrons. The van der Waals surface area contributed by atoms with E-state index in [2.05, 4.69) is 15.5 Å². The second-order valence-electron chi connectivity index (χ2n) is 7.71. The van der Waals surface area contributed by atoms with Gasteiger partial charge in [-0.05, 0) is 50.0 Å². The highest BCUT2D eigenvalue weighted by molar-refractivity contribution is 6.33. The number of hydrogen-bond donors (Lipinski definition) is 3. The lowest BCUT2D eigenvalue weighted by molar-refractivity contribution is 0.0940. The van der Waals surface area contributed by atoms with Crippen molar-refractivity contribution in [3.63, 3.8) is 0 Å². The lowest BCUT2D eigenvalue weighted by Gasteiger charge is -2.17. The third kappa shape index (κ3) is 6.35. The fraction of sp³-hybridized carbons (Fsp3) is 0.391. The lowest BCUT2D eigenvalue weighted by Crippen LogP contribution is -2.32. The Morgan fingerprint density at radius 3 is 2.71 bits per heavy atom. The van der Waals surface area contributed by atoms with Crippen molar-refractivity contribution in [1.29, 1.82) is 0 Å². The van der Waals surface area contributed by atoms with E-state index < -0.39 is 0 Å². The molecule has 8 heteroatoms. The number of nitrogens with zero attached hydrogens (tertiary/aromatic N) is 1.